The second kappa shape index (κ2) is 12.1. The van der Waals surface area contributed by atoms with Crippen LogP contribution in [0.1, 0.15) is 25.0 Å². The van der Waals surface area contributed by atoms with E-state index in [4.69, 9.17) is 4.42 Å². The smallest absolute Gasteiger partial charge is 0.137 e. The fourth-order valence-electron chi connectivity index (χ4n) is 8.98. The van der Waals surface area contributed by atoms with E-state index >= 15 is 0 Å². The number of furan rings is 1. The van der Waals surface area contributed by atoms with Crippen molar-refractivity contribution in [1.82, 2.24) is 0 Å². The van der Waals surface area contributed by atoms with Crippen LogP contribution in [0.15, 0.2) is 192 Å². The summed E-state index contributed by atoms with van der Waals surface area (Å²) < 4.78 is 6.43. The molecule has 0 saturated heterocycles. The van der Waals surface area contributed by atoms with Crippen LogP contribution in [0.5, 0.6) is 0 Å². The number of fused-ring (bicyclic) bond motifs is 8. The van der Waals surface area contributed by atoms with Crippen molar-refractivity contribution in [1.29, 1.82) is 0 Å². The molecule has 1 aliphatic rings. The fourth-order valence-corrected chi connectivity index (χ4v) is 8.98. The molecule has 260 valence electrons. The maximum atomic E-state index is 6.43. The highest BCUT2D eigenvalue weighted by molar-refractivity contribution is 6.06. The standard InChI is InChI=1S/C53H37NO/c1-53(2)47-14-7-5-13-46(47)52-48(53)15-9-16-49(52)54(43-28-29-45-44-12-6-8-17-50(44)55-51(45)33-43)42-26-24-35(25-27-42)37-20-21-40-32-41(23-22-39(40)31-37)38-19-18-34-10-3-4-11-36(34)30-38/h3-33H,1-2H3. The lowest BCUT2D eigenvalue weighted by atomic mass is 9.82. The van der Waals surface area contributed by atoms with Gasteiger partial charge in [-0.3, -0.25) is 0 Å². The average Bonchev–Trinajstić information content (AvgIpc) is 3.72. The van der Waals surface area contributed by atoms with Crippen molar-refractivity contribution in [2.75, 3.05) is 4.90 Å². The highest BCUT2D eigenvalue weighted by Gasteiger charge is 2.37. The van der Waals surface area contributed by atoms with Crippen LogP contribution in [0.25, 0.3) is 76.9 Å². The molecule has 0 saturated carbocycles. The molecule has 0 amide bonds. The van der Waals surface area contributed by atoms with E-state index in [0.29, 0.717) is 0 Å². The van der Waals surface area contributed by atoms with Crippen molar-refractivity contribution in [3.05, 3.63) is 199 Å². The van der Waals surface area contributed by atoms with Crippen molar-refractivity contribution >= 4 is 60.5 Å². The first-order valence-electron chi connectivity index (χ1n) is 19.1. The molecule has 1 heterocycles. The van der Waals surface area contributed by atoms with Gasteiger partial charge in [-0.05, 0) is 115 Å². The van der Waals surface area contributed by atoms with Gasteiger partial charge in [0.2, 0.25) is 0 Å². The lowest BCUT2D eigenvalue weighted by molar-refractivity contribution is 0.660. The molecule has 11 rings (SSSR count). The fraction of sp³-hybridized carbons (Fsp3) is 0.0566. The van der Waals surface area contributed by atoms with Gasteiger partial charge in [0.15, 0.2) is 0 Å². The van der Waals surface area contributed by atoms with Crippen LogP contribution in [0.3, 0.4) is 0 Å². The summed E-state index contributed by atoms with van der Waals surface area (Å²) in [5.41, 5.74) is 15.1. The normalized spacial score (nSPS) is 13.1. The third kappa shape index (κ3) is 5.02. The summed E-state index contributed by atoms with van der Waals surface area (Å²) in [7, 11) is 0. The molecule has 0 N–H and O–H groups in total. The molecule has 0 spiro atoms. The first-order chi connectivity index (χ1) is 27.0. The number of anilines is 3. The highest BCUT2D eigenvalue weighted by atomic mass is 16.3. The number of hydrogen-bond donors (Lipinski definition) is 0. The van der Waals surface area contributed by atoms with Crippen LogP contribution < -0.4 is 4.90 Å². The van der Waals surface area contributed by atoms with E-state index in [2.05, 4.69) is 195 Å². The van der Waals surface area contributed by atoms with Gasteiger partial charge < -0.3 is 9.32 Å². The van der Waals surface area contributed by atoms with Crippen molar-refractivity contribution in [3.8, 4) is 33.4 Å². The van der Waals surface area contributed by atoms with Gasteiger partial charge in [0.1, 0.15) is 11.2 Å². The molecule has 2 nitrogen and oxygen atoms in total. The summed E-state index contributed by atoms with van der Waals surface area (Å²) in [6.45, 7) is 4.68. The maximum Gasteiger partial charge on any atom is 0.137 e. The van der Waals surface area contributed by atoms with Crippen molar-refractivity contribution < 1.29 is 4.42 Å². The third-order valence-electron chi connectivity index (χ3n) is 11.8. The van der Waals surface area contributed by atoms with Crippen LogP contribution in [-0.4, -0.2) is 0 Å². The van der Waals surface area contributed by atoms with Gasteiger partial charge in [0.25, 0.3) is 0 Å². The van der Waals surface area contributed by atoms with Crippen molar-refractivity contribution in [2.24, 2.45) is 0 Å². The molecule has 0 bridgehead atoms. The number of hydrogen-bond acceptors (Lipinski definition) is 2. The number of rotatable bonds is 5. The van der Waals surface area contributed by atoms with Crippen molar-refractivity contribution in [2.45, 2.75) is 19.3 Å². The Bertz CT molecular complexity index is 3130. The van der Waals surface area contributed by atoms with Crippen LogP contribution in [0.2, 0.25) is 0 Å². The van der Waals surface area contributed by atoms with Gasteiger partial charge in [0, 0.05) is 39.2 Å². The van der Waals surface area contributed by atoms with E-state index in [1.165, 1.54) is 66.1 Å². The summed E-state index contributed by atoms with van der Waals surface area (Å²) in [5.74, 6) is 0. The molecule has 0 unspecified atom stereocenters. The Morgan fingerprint density at radius 2 is 0.964 bits per heavy atom. The zero-order chi connectivity index (χ0) is 36.7. The Hall–Kier alpha value is -6.90. The van der Waals surface area contributed by atoms with Gasteiger partial charge >= 0.3 is 0 Å². The van der Waals surface area contributed by atoms with E-state index in [-0.39, 0.29) is 5.41 Å². The van der Waals surface area contributed by atoms with E-state index in [1.807, 2.05) is 12.1 Å². The molecule has 0 atom stereocenters. The van der Waals surface area contributed by atoms with Gasteiger partial charge in [-0.2, -0.15) is 0 Å². The first kappa shape index (κ1) is 31.6. The number of benzene rings is 9. The molecular formula is C53H37NO. The molecule has 0 radical (unpaired) electrons. The monoisotopic (exact) mass is 703 g/mol. The Labute approximate surface area is 320 Å². The van der Waals surface area contributed by atoms with Gasteiger partial charge in [-0.15, -0.1) is 0 Å². The maximum absolute atomic E-state index is 6.43. The minimum absolute atomic E-state index is 0.105. The highest BCUT2D eigenvalue weighted by Crippen LogP contribution is 2.54. The summed E-state index contributed by atoms with van der Waals surface area (Å²) in [5, 5.41) is 7.25. The number of nitrogens with zero attached hydrogens (tertiary/aromatic N) is 1. The van der Waals surface area contributed by atoms with Crippen LogP contribution in [-0.2, 0) is 5.41 Å². The molecular weight excluding hydrogens is 667 g/mol. The zero-order valence-corrected chi connectivity index (χ0v) is 30.8. The molecule has 0 aliphatic heterocycles. The average molecular weight is 704 g/mol. The minimum Gasteiger partial charge on any atom is -0.456 e. The van der Waals surface area contributed by atoms with E-state index in [9.17, 15) is 0 Å². The predicted molar refractivity (Wildman–Crippen MR) is 232 cm³/mol. The number of para-hydroxylation sites is 1. The molecule has 0 fully saturated rings. The summed E-state index contributed by atoms with van der Waals surface area (Å²) in [4.78, 5) is 2.40. The second-order valence-electron chi connectivity index (χ2n) is 15.4. The molecule has 9 aromatic carbocycles. The Kier molecular flexibility index (Phi) is 6.93. The molecule has 1 aliphatic carbocycles. The zero-order valence-electron chi connectivity index (χ0n) is 30.8. The minimum atomic E-state index is -0.105. The molecule has 1 aromatic heterocycles. The lowest BCUT2D eigenvalue weighted by Crippen LogP contribution is -2.16. The van der Waals surface area contributed by atoms with Crippen LogP contribution >= 0.6 is 0 Å². The second-order valence-corrected chi connectivity index (χ2v) is 15.4. The quantitative estimate of drug-likeness (QED) is 0.177. The van der Waals surface area contributed by atoms with Crippen LogP contribution in [0.4, 0.5) is 17.1 Å². The first-order valence-corrected chi connectivity index (χ1v) is 19.1. The van der Waals surface area contributed by atoms with Gasteiger partial charge in [-0.1, -0.05) is 141 Å². The van der Waals surface area contributed by atoms with E-state index in [0.717, 1.165) is 39.0 Å². The van der Waals surface area contributed by atoms with E-state index < -0.39 is 0 Å². The summed E-state index contributed by atoms with van der Waals surface area (Å²) in [6, 6.07) is 68.5. The van der Waals surface area contributed by atoms with Gasteiger partial charge in [-0.25, -0.2) is 0 Å². The summed E-state index contributed by atoms with van der Waals surface area (Å²) in [6.07, 6.45) is 0. The molecule has 55 heavy (non-hydrogen) atoms. The molecule has 2 heteroatoms. The largest absolute Gasteiger partial charge is 0.456 e. The van der Waals surface area contributed by atoms with Crippen molar-refractivity contribution in [3.63, 3.8) is 0 Å². The Morgan fingerprint density at radius 1 is 0.400 bits per heavy atom. The lowest BCUT2D eigenvalue weighted by Gasteiger charge is -2.29. The predicted octanol–water partition coefficient (Wildman–Crippen LogP) is 15.0. The SMILES string of the molecule is CC1(C)c2ccccc2-c2c(N(c3ccc(-c4ccc5cc(-c6ccc7ccccc7c6)ccc5c4)cc3)c3ccc4c(c3)oc3ccccc34)cccc21. The Balaban J connectivity index is 1.01. The van der Waals surface area contributed by atoms with Gasteiger partial charge in [0.05, 0.1) is 5.69 Å². The third-order valence-corrected chi connectivity index (χ3v) is 11.8. The molecule has 10 aromatic rings. The Morgan fingerprint density at radius 3 is 1.75 bits per heavy atom. The van der Waals surface area contributed by atoms with E-state index in [1.54, 1.807) is 0 Å². The summed E-state index contributed by atoms with van der Waals surface area (Å²) >= 11 is 0. The van der Waals surface area contributed by atoms with Crippen LogP contribution in [0, 0.1) is 0 Å². The topological polar surface area (TPSA) is 16.4 Å².